The summed E-state index contributed by atoms with van der Waals surface area (Å²) in [6.07, 6.45) is 1.67. The van der Waals surface area contributed by atoms with Gasteiger partial charge in [0.2, 0.25) is 0 Å². The first-order valence-corrected chi connectivity index (χ1v) is 5.71. The Morgan fingerprint density at radius 3 is 2.71 bits per heavy atom. The van der Waals surface area contributed by atoms with Crippen molar-refractivity contribution in [1.29, 1.82) is 0 Å². The van der Waals surface area contributed by atoms with E-state index >= 15 is 0 Å². The second-order valence-electron chi connectivity index (χ2n) is 4.25. The van der Waals surface area contributed by atoms with Crippen molar-refractivity contribution in [3.05, 3.63) is 30.1 Å². The van der Waals surface area contributed by atoms with E-state index in [0.717, 1.165) is 18.5 Å². The molecule has 2 amide bonds. The lowest BCUT2D eigenvalue weighted by molar-refractivity contribution is 0.193. The van der Waals surface area contributed by atoms with Gasteiger partial charge in [0.25, 0.3) is 0 Å². The number of hydrogen-bond acceptors (Lipinski definition) is 2. The fraction of sp³-hybridized carbons (Fsp3) is 0.417. The Morgan fingerprint density at radius 1 is 1.41 bits per heavy atom. The maximum Gasteiger partial charge on any atom is 0.314 e. The smallest absolute Gasteiger partial charge is 0.314 e. The quantitative estimate of drug-likeness (QED) is 0.823. The topological polar surface area (TPSA) is 58.4 Å². The predicted molar refractivity (Wildman–Crippen MR) is 64.2 cm³/mol. The van der Waals surface area contributed by atoms with Crippen LogP contribution in [0.1, 0.15) is 12.8 Å². The molecule has 1 saturated heterocycles. The first kappa shape index (κ1) is 11.7. The Balaban J connectivity index is 1.88. The second-order valence-corrected chi connectivity index (χ2v) is 4.25. The molecule has 0 bridgehead atoms. The van der Waals surface area contributed by atoms with Crippen molar-refractivity contribution < 1.29 is 9.18 Å². The summed E-state index contributed by atoms with van der Waals surface area (Å²) in [6, 6.07) is 6.31. The normalized spacial score (nSPS) is 16.9. The van der Waals surface area contributed by atoms with E-state index in [9.17, 15) is 9.18 Å². The summed E-state index contributed by atoms with van der Waals surface area (Å²) in [5.74, 6) is -0.246. The zero-order valence-corrected chi connectivity index (χ0v) is 9.53. The summed E-state index contributed by atoms with van der Waals surface area (Å²) in [6.45, 7) is 1.31. The van der Waals surface area contributed by atoms with E-state index in [4.69, 9.17) is 5.73 Å². The third-order valence-electron chi connectivity index (χ3n) is 3.00. The third-order valence-corrected chi connectivity index (χ3v) is 3.00. The summed E-state index contributed by atoms with van der Waals surface area (Å²) < 4.78 is 13.0. The van der Waals surface area contributed by atoms with E-state index in [1.54, 1.807) is 11.0 Å². The third kappa shape index (κ3) is 3.09. The summed E-state index contributed by atoms with van der Waals surface area (Å²) in [4.78, 5) is 12.6. The zero-order chi connectivity index (χ0) is 12.3. The molecule has 0 unspecified atom stereocenters. The molecule has 3 N–H and O–H groups in total. The maximum absolute atomic E-state index is 13.0. The molecule has 5 heteroatoms. The van der Waals surface area contributed by atoms with Gasteiger partial charge in [-0.25, -0.2) is 9.18 Å². The number of primary amides is 1. The lowest BCUT2D eigenvalue weighted by Crippen LogP contribution is -2.44. The number of anilines is 1. The van der Waals surface area contributed by atoms with Crippen LogP contribution in [0.2, 0.25) is 0 Å². The van der Waals surface area contributed by atoms with Crippen molar-refractivity contribution in [1.82, 2.24) is 4.90 Å². The molecule has 1 aliphatic rings. The van der Waals surface area contributed by atoms with E-state index < -0.39 is 0 Å². The van der Waals surface area contributed by atoms with Crippen LogP contribution in [0.25, 0.3) is 0 Å². The Kier molecular flexibility index (Phi) is 3.46. The lowest BCUT2D eigenvalue weighted by Gasteiger charge is -2.31. The van der Waals surface area contributed by atoms with Gasteiger partial charge in [0.1, 0.15) is 5.82 Å². The molecule has 1 aliphatic heterocycles. The maximum atomic E-state index is 13.0. The molecule has 1 aromatic rings. The van der Waals surface area contributed by atoms with Crippen LogP contribution in [0.3, 0.4) is 0 Å². The zero-order valence-electron chi connectivity index (χ0n) is 9.53. The Morgan fingerprint density at radius 2 is 2.12 bits per heavy atom. The molecule has 17 heavy (non-hydrogen) atoms. The molecule has 0 aromatic heterocycles. The van der Waals surface area contributed by atoms with Crippen LogP contribution in [0.4, 0.5) is 14.9 Å². The number of urea groups is 1. The fourth-order valence-electron chi connectivity index (χ4n) is 2.06. The summed E-state index contributed by atoms with van der Waals surface area (Å²) in [5, 5.41) is 3.26. The highest BCUT2D eigenvalue weighted by molar-refractivity contribution is 5.72. The molecule has 1 fully saturated rings. The first-order chi connectivity index (χ1) is 8.15. The molecule has 0 spiro atoms. The number of amides is 2. The minimum absolute atomic E-state index is 0.246. The molecule has 0 radical (unpaired) electrons. The first-order valence-electron chi connectivity index (χ1n) is 5.71. The number of nitrogens with two attached hydrogens (primary N) is 1. The van der Waals surface area contributed by atoms with Gasteiger partial charge in [-0.3, -0.25) is 0 Å². The molecule has 2 rings (SSSR count). The number of carbonyl (C=O) groups is 1. The lowest BCUT2D eigenvalue weighted by atomic mass is 10.0. The van der Waals surface area contributed by atoms with Gasteiger partial charge < -0.3 is 16.0 Å². The van der Waals surface area contributed by atoms with Gasteiger partial charge in [0, 0.05) is 24.8 Å². The van der Waals surface area contributed by atoms with E-state index in [1.807, 2.05) is 6.07 Å². The van der Waals surface area contributed by atoms with E-state index in [1.165, 1.54) is 12.1 Å². The number of likely N-dealkylation sites (tertiary alicyclic amines) is 1. The van der Waals surface area contributed by atoms with Crippen LogP contribution >= 0.6 is 0 Å². The number of nitrogens with zero attached hydrogens (tertiary/aromatic N) is 1. The summed E-state index contributed by atoms with van der Waals surface area (Å²) in [5.41, 5.74) is 5.98. The number of nitrogens with one attached hydrogen (secondary N) is 1. The average Bonchev–Trinajstić information content (AvgIpc) is 2.29. The second kappa shape index (κ2) is 5.03. The van der Waals surface area contributed by atoms with Gasteiger partial charge in [-0.15, -0.1) is 0 Å². The van der Waals surface area contributed by atoms with Crippen molar-refractivity contribution in [2.45, 2.75) is 18.9 Å². The number of rotatable bonds is 2. The highest BCUT2D eigenvalue weighted by Gasteiger charge is 2.20. The van der Waals surface area contributed by atoms with Crippen molar-refractivity contribution in [3.63, 3.8) is 0 Å². The molecular weight excluding hydrogens is 221 g/mol. The SMILES string of the molecule is NC(=O)N1CCC(Nc2cccc(F)c2)CC1. The standard InChI is InChI=1S/C12H16FN3O/c13-9-2-1-3-11(8-9)15-10-4-6-16(7-5-10)12(14)17/h1-3,8,10,15H,4-7H2,(H2,14,17). The van der Waals surface area contributed by atoms with Crippen LogP contribution in [-0.2, 0) is 0 Å². The van der Waals surface area contributed by atoms with E-state index in [0.29, 0.717) is 13.1 Å². The van der Waals surface area contributed by atoms with Crippen LogP contribution in [0.15, 0.2) is 24.3 Å². The van der Waals surface area contributed by atoms with Crippen LogP contribution in [0, 0.1) is 5.82 Å². The average molecular weight is 237 g/mol. The molecule has 92 valence electrons. The molecular formula is C12H16FN3O. The van der Waals surface area contributed by atoms with Crippen molar-refractivity contribution in [2.24, 2.45) is 5.73 Å². The number of halogens is 1. The van der Waals surface area contributed by atoms with Crippen LogP contribution < -0.4 is 11.1 Å². The molecule has 4 nitrogen and oxygen atoms in total. The van der Waals surface area contributed by atoms with Gasteiger partial charge in [0.05, 0.1) is 0 Å². The number of carbonyl (C=O) groups excluding carboxylic acids is 1. The summed E-state index contributed by atoms with van der Waals surface area (Å²) >= 11 is 0. The van der Waals surface area contributed by atoms with Gasteiger partial charge in [-0.2, -0.15) is 0 Å². The minimum Gasteiger partial charge on any atom is -0.382 e. The number of benzene rings is 1. The van der Waals surface area contributed by atoms with Crippen molar-refractivity contribution in [2.75, 3.05) is 18.4 Å². The van der Waals surface area contributed by atoms with E-state index in [2.05, 4.69) is 5.32 Å². The van der Waals surface area contributed by atoms with Crippen LogP contribution in [-0.4, -0.2) is 30.1 Å². The Labute approximate surface area is 99.6 Å². The highest BCUT2D eigenvalue weighted by atomic mass is 19.1. The largest absolute Gasteiger partial charge is 0.382 e. The fourth-order valence-corrected chi connectivity index (χ4v) is 2.06. The van der Waals surface area contributed by atoms with Crippen molar-refractivity contribution in [3.8, 4) is 0 Å². The van der Waals surface area contributed by atoms with E-state index in [-0.39, 0.29) is 17.9 Å². The minimum atomic E-state index is -0.366. The number of hydrogen-bond donors (Lipinski definition) is 2. The molecule has 1 aromatic carbocycles. The molecule has 0 saturated carbocycles. The monoisotopic (exact) mass is 237 g/mol. The van der Waals surface area contributed by atoms with Gasteiger partial charge in [0.15, 0.2) is 0 Å². The highest BCUT2D eigenvalue weighted by Crippen LogP contribution is 2.17. The molecule has 0 atom stereocenters. The van der Waals surface area contributed by atoms with Crippen LogP contribution in [0.5, 0.6) is 0 Å². The molecule has 1 heterocycles. The van der Waals surface area contributed by atoms with Crippen molar-refractivity contribution >= 4 is 11.7 Å². The van der Waals surface area contributed by atoms with Gasteiger partial charge >= 0.3 is 6.03 Å². The number of piperidine rings is 1. The molecule has 0 aliphatic carbocycles. The summed E-state index contributed by atoms with van der Waals surface area (Å²) in [7, 11) is 0. The Bertz CT molecular complexity index is 402. The van der Waals surface area contributed by atoms with Gasteiger partial charge in [-0.1, -0.05) is 6.07 Å². The van der Waals surface area contributed by atoms with Gasteiger partial charge in [-0.05, 0) is 31.0 Å². The predicted octanol–water partition coefficient (Wildman–Crippen LogP) is 1.78. The Hall–Kier alpha value is -1.78.